The third-order valence-corrected chi connectivity index (χ3v) is 3.72. The zero-order valence-corrected chi connectivity index (χ0v) is 11.4. The SMILES string of the molecule is NC(CCc1cccc2cnccc12)c1ccccc1. The summed E-state index contributed by atoms with van der Waals surface area (Å²) < 4.78 is 0. The van der Waals surface area contributed by atoms with Crippen molar-refractivity contribution < 1.29 is 0 Å². The molecule has 0 amide bonds. The molecule has 0 radical (unpaired) electrons. The lowest BCUT2D eigenvalue weighted by molar-refractivity contribution is 0.653. The predicted molar refractivity (Wildman–Crippen MR) is 83.4 cm³/mol. The third kappa shape index (κ3) is 2.70. The molecular weight excluding hydrogens is 244 g/mol. The molecule has 0 saturated heterocycles. The standard InChI is InChI=1S/C18H18N2/c19-18(15-5-2-1-3-6-15)10-9-14-7-4-8-16-13-20-12-11-17(14)16/h1-8,11-13,18H,9-10,19H2. The monoisotopic (exact) mass is 262 g/mol. The smallest absolute Gasteiger partial charge is 0.0346 e. The molecule has 0 aliphatic carbocycles. The lowest BCUT2D eigenvalue weighted by Gasteiger charge is -2.13. The highest BCUT2D eigenvalue weighted by Crippen LogP contribution is 2.22. The molecule has 1 atom stereocenters. The van der Waals surface area contributed by atoms with Gasteiger partial charge in [0, 0.05) is 23.8 Å². The van der Waals surface area contributed by atoms with Gasteiger partial charge >= 0.3 is 0 Å². The van der Waals surface area contributed by atoms with Crippen LogP contribution in [0, 0.1) is 0 Å². The van der Waals surface area contributed by atoms with Gasteiger partial charge in [-0.1, -0.05) is 48.5 Å². The van der Waals surface area contributed by atoms with Crippen molar-refractivity contribution in [2.75, 3.05) is 0 Å². The highest BCUT2D eigenvalue weighted by atomic mass is 14.6. The summed E-state index contributed by atoms with van der Waals surface area (Å²) in [6.45, 7) is 0. The molecule has 0 fully saturated rings. The van der Waals surface area contributed by atoms with Crippen molar-refractivity contribution in [2.45, 2.75) is 18.9 Å². The summed E-state index contributed by atoms with van der Waals surface area (Å²) in [6, 6.07) is 18.8. The predicted octanol–water partition coefficient (Wildman–Crippen LogP) is 3.87. The van der Waals surface area contributed by atoms with Crippen LogP contribution >= 0.6 is 0 Å². The fourth-order valence-corrected chi connectivity index (χ4v) is 2.59. The lowest BCUT2D eigenvalue weighted by atomic mass is 9.97. The van der Waals surface area contributed by atoms with Crippen molar-refractivity contribution in [3.05, 3.63) is 78.1 Å². The van der Waals surface area contributed by atoms with Gasteiger partial charge in [0.2, 0.25) is 0 Å². The zero-order valence-electron chi connectivity index (χ0n) is 11.4. The molecule has 1 heterocycles. The topological polar surface area (TPSA) is 38.9 Å². The Morgan fingerprint density at radius 3 is 2.65 bits per heavy atom. The molecule has 0 aliphatic heterocycles. The van der Waals surface area contributed by atoms with Crippen molar-refractivity contribution in [2.24, 2.45) is 5.73 Å². The molecule has 1 unspecified atom stereocenters. The van der Waals surface area contributed by atoms with Gasteiger partial charge in [-0.3, -0.25) is 4.98 Å². The molecule has 3 rings (SSSR count). The second-order valence-corrected chi connectivity index (χ2v) is 5.07. The van der Waals surface area contributed by atoms with Crippen molar-refractivity contribution in [3.63, 3.8) is 0 Å². The van der Waals surface area contributed by atoms with Crippen LogP contribution in [0.15, 0.2) is 67.0 Å². The maximum atomic E-state index is 6.27. The van der Waals surface area contributed by atoms with Crippen LogP contribution in [0.5, 0.6) is 0 Å². The van der Waals surface area contributed by atoms with E-state index in [4.69, 9.17) is 5.73 Å². The highest BCUT2D eigenvalue weighted by Gasteiger charge is 2.07. The van der Waals surface area contributed by atoms with Gasteiger partial charge in [-0.15, -0.1) is 0 Å². The molecule has 0 aliphatic rings. The second-order valence-electron chi connectivity index (χ2n) is 5.07. The van der Waals surface area contributed by atoms with Crippen molar-refractivity contribution >= 4 is 10.8 Å². The molecule has 0 bridgehead atoms. The van der Waals surface area contributed by atoms with Crippen molar-refractivity contribution in [1.29, 1.82) is 0 Å². The molecule has 20 heavy (non-hydrogen) atoms. The summed E-state index contributed by atoms with van der Waals surface area (Å²) >= 11 is 0. The summed E-state index contributed by atoms with van der Waals surface area (Å²) in [4.78, 5) is 4.17. The van der Waals surface area contributed by atoms with Crippen LogP contribution in [-0.2, 0) is 6.42 Å². The molecule has 2 N–H and O–H groups in total. The molecule has 2 aromatic carbocycles. The van der Waals surface area contributed by atoms with E-state index >= 15 is 0 Å². The maximum absolute atomic E-state index is 6.27. The Hall–Kier alpha value is -2.19. The van der Waals surface area contributed by atoms with Gasteiger partial charge in [0.05, 0.1) is 0 Å². The minimum absolute atomic E-state index is 0.0910. The Bertz CT molecular complexity index is 687. The Balaban J connectivity index is 1.77. The van der Waals surface area contributed by atoms with Crippen LogP contribution in [0.3, 0.4) is 0 Å². The van der Waals surface area contributed by atoms with E-state index in [2.05, 4.69) is 41.4 Å². The highest BCUT2D eigenvalue weighted by molar-refractivity contribution is 5.84. The first-order valence-electron chi connectivity index (χ1n) is 6.97. The summed E-state index contributed by atoms with van der Waals surface area (Å²) in [5, 5.41) is 2.47. The fraction of sp³-hybridized carbons (Fsp3) is 0.167. The van der Waals surface area contributed by atoms with Gasteiger partial charge in [-0.25, -0.2) is 0 Å². The van der Waals surface area contributed by atoms with Crippen LogP contribution in [0.2, 0.25) is 0 Å². The number of hydrogen-bond acceptors (Lipinski definition) is 2. The van der Waals surface area contributed by atoms with Crippen LogP contribution in [0.4, 0.5) is 0 Å². The first-order chi connectivity index (χ1) is 9.84. The largest absolute Gasteiger partial charge is 0.324 e. The van der Waals surface area contributed by atoms with E-state index in [9.17, 15) is 0 Å². The number of aryl methyl sites for hydroxylation is 1. The van der Waals surface area contributed by atoms with E-state index < -0.39 is 0 Å². The molecule has 0 spiro atoms. The molecule has 1 aromatic heterocycles. The quantitative estimate of drug-likeness (QED) is 0.775. The Morgan fingerprint density at radius 2 is 1.80 bits per heavy atom. The van der Waals surface area contributed by atoms with Crippen LogP contribution in [-0.4, -0.2) is 4.98 Å². The van der Waals surface area contributed by atoms with E-state index in [0.29, 0.717) is 0 Å². The van der Waals surface area contributed by atoms with E-state index in [1.54, 1.807) is 0 Å². The molecule has 3 aromatic rings. The average molecular weight is 262 g/mol. The van der Waals surface area contributed by atoms with Crippen LogP contribution in [0.1, 0.15) is 23.6 Å². The third-order valence-electron chi connectivity index (χ3n) is 3.72. The second kappa shape index (κ2) is 5.85. The van der Waals surface area contributed by atoms with Gasteiger partial charge in [0.15, 0.2) is 0 Å². The van der Waals surface area contributed by atoms with E-state index in [1.807, 2.05) is 30.6 Å². The fourth-order valence-electron chi connectivity index (χ4n) is 2.59. The molecule has 2 heteroatoms. The molecule has 2 nitrogen and oxygen atoms in total. The van der Waals surface area contributed by atoms with Crippen LogP contribution in [0.25, 0.3) is 10.8 Å². The summed E-state index contributed by atoms with van der Waals surface area (Å²) in [5.41, 5.74) is 8.82. The van der Waals surface area contributed by atoms with Crippen LogP contribution < -0.4 is 5.73 Å². The van der Waals surface area contributed by atoms with Gasteiger partial charge < -0.3 is 5.73 Å². The molecular formula is C18H18N2. The van der Waals surface area contributed by atoms with E-state index in [0.717, 1.165) is 12.8 Å². The minimum Gasteiger partial charge on any atom is -0.324 e. The number of pyridine rings is 1. The van der Waals surface area contributed by atoms with Crippen molar-refractivity contribution in [1.82, 2.24) is 4.98 Å². The van der Waals surface area contributed by atoms with Crippen molar-refractivity contribution in [3.8, 4) is 0 Å². The molecule has 100 valence electrons. The Morgan fingerprint density at radius 1 is 0.950 bits per heavy atom. The van der Waals surface area contributed by atoms with E-state index in [-0.39, 0.29) is 6.04 Å². The zero-order chi connectivity index (χ0) is 13.8. The van der Waals surface area contributed by atoms with Gasteiger partial charge in [0.1, 0.15) is 0 Å². The Labute approximate surface area is 119 Å². The number of nitrogens with two attached hydrogens (primary N) is 1. The van der Waals surface area contributed by atoms with Gasteiger partial charge in [0.25, 0.3) is 0 Å². The lowest BCUT2D eigenvalue weighted by Crippen LogP contribution is -2.11. The first-order valence-corrected chi connectivity index (χ1v) is 6.97. The summed E-state index contributed by atoms with van der Waals surface area (Å²) in [5.74, 6) is 0. The number of nitrogens with zero attached hydrogens (tertiary/aromatic N) is 1. The van der Waals surface area contributed by atoms with E-state index in [1.165, 1.54) is 21.9 Å². The Kier molecular flexibility index (Phi) is 3.75. The van der Waals surface area contributed by atoms with Gasteiger partial charge in [-0.05, 0) is 35.4 Å². The van der Waals surface area contributed by atoms with Gasteiger partial charge in [-0.2, -0.15) is 0 Å². The number of benzene rings is 2. The summed E-state index contributed by atoms with van der Waals surface area (Å²) in [6.07, 6.45) is 5.70. The number of hydrogen-bond donors (Lipinski definition) is 1. The maximum Gasteiger partial charge on any atom is 0.0346 e. The first kappa shape index (κ1) is 12.8. The molecule has 0 saturated carbocycles. The number of rotatable bonds is 4. The average Bonchev–Trinajstić information content (AvgIpc) is 2.53. The summed E-state index contributed by atoms with van der Waals surface area (Å²) in [7, 11) is 0. The minimum atomic E-state index is 0.0910. The number of aromatic nitrogens is 1. The number of fused-ring (bicyclic) bond motifs is 1. The normalized spacial score (nSPS) is 12.4.